The first-order chi connectivity index (χ1) is 10.4. The summed E-state index contributed by atoms with van der Waals surface area (Å²) in [7, 11) is 5.44. The normalized spacial score (nSPS) is 13.2. The van der Waals surface area contributed by atoms with Crippen molar-refractivity contribution in [3.63, 3.8) is 0 Å². The van der Waals surface area contributed by atoms with Crippen molar-refractivity contribution in [1.82, 2.24) is 18.7 Å². The molecule has 0 aliphatic heterocycles. The Kier molecular flexibility index (Phi) is 4.79. The van der Waals surface area contributed by atoms with Crippen LogP contribution in [0.15, 0.2) is 15.9 Å². The summed E-state index contributed by atoms with van der Waals surface area (Å²) >= 11 is 0. The highest BCUT2D eigenvalue weighted by molar-refractivity contribution is 5.69. The lowest BCUT2D eigenvalue weighted by Crippen LogP contribution is -3.06. The Hall–Kier alpha value is -1.97. The molecule has 3 N–H and O–H groups in total. The van der Waals surface area contributed by atoms with Crippen molar-refractivity contribution in [2.24, 2.45) is 7.05 Å². The van der Waals surface area contributed by atoms with E-state index in [-0.39, 0.29) is 17.7 Å². The molecule has 2 aromatic rings. The lowest BCUT2D eigenvalue weighted by Gasteiger charge is -2.12. The molecule has 0 unspecified atom stereocenters. The second-order valence-corrected chi connectivity index (χ2v) is 5.66. The van der Waals surface area contributed by atoms with Gasteiger partial charge in [0.1, 0.15) is 0 Å². The molecule has 0 bridgehead atoms. The van der Waals surface area contributed by atoms with Crippen LogP contribution in [-0.4, -0.2) is 62.2 Å². The van der Waals surface area contributed by atoms with Crippen LogP contribution in [0.1, 0.15) is 0 Å². The van der Waals surface area contributed by atoms with E-state index in [9.17, 15) is 14.7 Å². The van der Waals surface area contributed by atoms with Gasteiger partial charge in [0, 0.05) is 7.05 Å². The zero-order valence-electron chi connectivity index (χ0n) is 13.0. The summed E-state index contributed by atoms with van der Waals surface area (Å²) in [4.78, 5) is 30.1. The molecular formula is C13H22N5O4+. The zero-order chi connectivity index (χ0) is 16.4. The summed E-state index contributed by atoms with van der Waals surface area (Å²) in [5.41, 5.74) is -0.314. The second kappa shape index (κ2) is 6.42. The van der Waals surface area contributed by atoms with Gasteiger partial charge in [-0.3, -0.25) is 13.9 Å². The third-order valence-electron chi connectivity index (χ3n) is 3.56. The van der Waals surface area contributed by atoms with Gasteiger partial charge >= 0.3 is 5.69 Å². The summed E-state index contributed by atoms with van der Waals surface area (Å²) in [5, 5.41) is 18.5. The molecular weight excluding hydrogens is 290 g/mol. The number of aromatic nitrogens is 4. The first-order valence-corrected chi connectivity index (χ1v) is 7.09. The van der Waals surface area contributed by atoms with Gasteiger partial charge in [0.25, 0.3) is 5.56 Å². The highest BCUT2D eigenvalue weighted by Gasteiger charge is 2.17. The molecule has 122 valence electrons. The Morgan fingerprint density at radius 1 is 1.36 bits per heavy atom. The molecule has 0 amide bonds. The van der Waals surface area contributed by atoms with Gasteiger partial charge in [-0.25, -0.2) is 9.78 Å². The number of hydrogen-bond acceptors (Lipinski definition) is 5. The number of likely N-dealkylation sites (N-methyl/N-ethyl adjacent to an activating group) is 1. The number of imidazole rings is 1. The first-order valence-electron chi connectivity index (χ1n) is 7.09. The van der Waals surface area contributed by atoms with Crippen molar-refractivity contribution in [3.8, 4) is 0 Å². The summed E-state index contributed by atoms with van der Waals surface area (Å²) in [6.45, 7) is 0.564. The van der Waals surface area contributed by atoms with Gasteiger partial charge in [0.15, 0.2) is 11.2 Å². The number of aryl methyl sites for hydroxylation is 1. The number of nitrogens with zero attached hydrogens (tertiary/aromatic N) is 4. The number of quaternary nitrogens is 1. The number of fused-ring (bicyclic) bond motifs is 1. The van der Waals surface area contributed by atoms with Gasteiger partial charge in [-0.2, -0.15) is 0 Å². The lowest BCUT2D eigenvalue weighted by molar-refractivity contribution is -0.859. The van der Waals surface area contributed by atoms with E-state index in [4.69, 9.17) is 5.11 Å². The highest BCUT2D eigenvalue weighted by atomic mass is 16.3. The molecule has 0 spiro atoms. The minimum atomic E-state index is -0.992. The number of rotatable bonds is 6. The zero-order valence-corrected chi connectivity index (χ0v) is 13.0. The molecule has 2 rings (SSSR count). The quantitative estimate of drug-likeness (QED) is 0.511. The largest absolute Gasteiger partial charge is 0.394 e. The topological polar surface area (TPSA) is 107 Å². The third kappa shape index (κ3) is 2.96. The van der Waals surface area contributed by atoms with Crippen LogP contribution in [-0.2, 0) is 20.1 Å². The van der Waals surface area contributed by atoms with E-state index in [1.54, 1.807) is 7.05 Å². The second-order valence-electron chi connectivity index (χ2n) is 5.66. The number of nitrogens with one attached hydrogen (secondary N) is 1. The van der Waals surface area contributed by atoms with Crippen LogP contribution >= 0.6 is 0 Å². The van der Waals surface area contributed by atoms with E-state index in [2.05, 4.69) is 4.98 Å². The summed E-state index contributed by atoms with van der Waals surface area (Å²) in [6, 6.07) is 0. The maximum atomic E-state index is 12.6. The number of aliphatic hydroxyl groups is 2. The summed E-state index contributed by atoms with van der Waals surface area (Å²) in [6.07, 6.45) is 0.403. The highest BCUT2D eigenvalue weighted by Crippen LogP contribution is 2.06. The van der Waals surface area contributed by atoms with Crippen molar-refractivity contribution in [1.29, 1.82) is 0 Å². The molecule has 0 fully saturated rings. The van der Waals surface area contributed by atoms with Crippen LogP contribution in [0.4, 0.5) is 0 Å². The Bertz CT molecular complexity index is 773. The van der Waals surface area contributed by atoms with Crippen LogP contribution in [0, 0.1) is 0 Å². The van der Waals surface area contributed by atoms with Crippen LogP contribution in [0.5, 0.6) is 0 Å². The monoisotopic (exact) mass is 312 g/mol. The molecule has 2 aromatic heterocycles. The fraction of sp³-hybridized carbons (Fsp3) is 0.615. The van der Waals surface area contributed by atoms with Crippen LogP contribution in [0.2, 0.25) is 0 Å². The minimum absolute atomic E-state index is 0.0410. The lowest BCUT2D eigenvalue weighted by atomic mass is 10.3. The van der Waals surface area contributed by atoms with Gasteiger partial charge in [-0.05, 0) is 0 Å². The Morgan fingerprint density at radius 3 is 2.64 bits per heavy atom. The average Bonchev–Trinajstić information content (AvgIpc) is 2.88. The van der Waals surface area contributed by atoms with Crippen LogP contribution in [0.25, 0.3) is 11.2 Å². The third-order valence-corrected chi connectivity index (χ3v) is 3.56. The van der Waals surface area contributed by atoms with Crippen LogP contribution < -0.4 is 16.1 Å². The van der Waals surface area contributed by atoms with Crippen molar-refractivity contribution in [3.05, 3.63) is 27.2 Å². The fourth-order valence-corrected chi connectivity index (χ4v) is 2.28. The summed E-state index contributed by atoms with van der Waals surface area (Å²) in [5.74, 6) is 0. The van der Waals surface area contributed by atoms with Gasteiger partial charge in [-0.15, -0.1) is 0 Å². The van der Waals surface area contributed by atoms with Crippen molar-refractivity contribution in [2.45, 2.75) is 19.2 Å². The van der Waals surface area contributed by atoms with Gasteiger partial charge in [0.05, 0.1) is 52.8 Å². The Morgan fingerprint density at radius 2 is 2.05 bits per heavy atom. The predicted octanol–water partition coefficient (Wildman–Crippen LogP) is -3.61. The molecule has 2 heterocycles. The molecule has 0 aliphatic rings. The molecule has 0 aromatic carbocycles. The maximum absolute atomic E-state index is 12.6. The molecule has 1 atom stereocenters. The van der Waals surface area contributed by atoms with E-state index >= 15 is 0 Å². The van der Waals surface area contributed by atoms with E-state index in [0.717, 1.165) is 4.90 Å². The molecule has 0 radical (unpaired) electrons. The van der Waals surface area contributed by atoms with E-state index in [0.29, 0.717) is 13.1 Å². The van der Waals surface area contributed by atoms with Crippen molar-refractivity contribution >= 4 is 11.2 Å². The SMILES string of the molecule is Cn1c(=O)n(CC[NH+](C)C)c(=O)c2c1ncn2C[C@H](O)CO. The van der Waals surface area contributed by atoms with Crippen molar-refractivity contribution < 1.29 is 15.1 Å². The Balaban J connectivity index is 2.60. The molecule has 9 nitrogen and oxygen atoms in total. The predicted molar refractivity (Wildman–Crippen MR) is 80.0 cm³/mol. The fourth-order valence-electron chi connectivity index (χ4n) is 2.28. The molecule has 22 heavy (non-hydrogen) atoms. The number of aliphatic hydroxyl groups excluding tert-OH is 2. The smallest absolute Gasteiger partial charge is 0.332 e. The van der Waals surface area contributed by atoms with E-state index in [1.165, 1.54) is 20.0 Å². The van der Waals surface area contributed by atoms with E-state index < -0.39 is 24.0 Å². The standard InChI is InChI=1S/C13H21N5O4/c1-15(2)4-5-18-12(21)10-11(16(3)13(18)22)14-8-17(10)6-9(20)7-19/h8-9,19-20H,4-7H2,1-3H3/p+1/t9-/m0/s1. The summed E-state index contributed by atoms with van der Waals surface area (Å²) < 4.78 is 3.97. The van der Waals surface area contributed by atoms with Gasteiger partial charge in [-0.1, -0.05) is 0 Å². The molecule has 0 saturated carbocycles. The Labute approximate surface area is 126 Å². The van der Waals surface area contributed by atoms with Crippen LogP contribution in [0.3, 0.4) is 0 Å². The maximum Gasteiger partial charge on any atom is 0.332 e. The average molecular weight is 312 g/mol. The molecule has 0 saturated heterocycles. The van der Waals surface area contributed by atoms with Crippen molar-refractivity contribution in [2.75, 3.05) is 27.2 Å². The van der Waals surface area contributed by atoms with E-state index in [1.807, 2.05) is 14.1 Å². The molecule has 9 heteroatoms. The molecule has 0 aliphatic carbocycles. The first kappa shape index (κ1) is 16.4. The number of hydrogen-bond donors (Lipinski definition) is 3. The van der Waals surface area contributed by atoms with Gasteiger partial charge in [0.2, 0.25) is 0 Å². The minimum Gasteiger partial charge on any atom is -0.394 e. The van der Waals surface area contributed by atoms with Gasteiger partial charge < -0.3 is 19.7 Å².